The van der Waals surface area contributed by atoms with Gasteiger partial charge in [0.2, 0.25) is 0 Å². The lowest BCUT2D eigenvalue weighted by Gasteiger charge is -2.30. The Balaban J connectivity index is 1.97. The zero-order valence-corrected chi connectivity index (χ0v) is 12.5. The van der Waals surface area contributed by atoms with Crippen molar-refractivity contribution in [2.45, 2.75) is 50.9 Å². The number of halogens is 2. The van der Waals surface area contributed by atoms with E-state index in [-0.39, 0.29) is 5.82 Å². The van der Waals surface area contributed by atoms with E-state index < -0.39 is 0 Å². The molecule has 1 fully saturated rings. The summed E-state index contributed by atoms with van der Waals surface area (Å²) in [5.74, 6) is 1.87. The van der Waals surface area contributed by atoms with Crippen LogP contribution in [0.3, 0.4) is 0 Å². The van der Waals surface area contributed by atoms with Gasteiger partial charge in [0.05, 0.1) is 16.9 Å². The Bertz CT molecular complexity index is 600. The minimum absolute atomic E-state index is 0.238. The molecule has 1 aromatic carbocycles. The van der Waals surface area contributed by atoms with Gasteiger partial charge in [-0.1, -0.05) is 13.3 Å². The molecule has 0 saturated heterocycles. The van der Waals surface area contributed by atoms with Crippen LogP contribution in [0.4, 0.5) is 4.39 Å². The molecule has 1 heterocycles. The van der Waals surface area contributed by atoms with Crippen LogP contribution in [0, 0.1) is 11.7 Å². The lowest BCUT2D eigenvalue weighted by Crippen LogP contribution is -2.19. The van der Waals surface area contributed by atoms with Gasteiger partial charge in [-0.2, -0.15) is 0 Å². The summed E-state index contributed by atoms with van der Waals surface area (Å²) in [6.07, 6.45) is 6.15. The number of fused-ring (bicyclic) bond motifs is 1. The van der Waals surface area contributed by atoms with Crippen molar-refractivity contribution >= 4 is 22.6 Å². The van der Waals surface area contributed by atoms with Crippen LogP contribution in [0.5, 0.6) is 0 Å². The normalized spacial score (nSPS) is 23.4. The molecular weight excluding hydrogens is 275 g/mol. The molecule has 2 nitrogen and oxygen atoms in total. The number of aromatic nitrogens is 2. The molecule has 1 aliphatic carbocycles. The van der Waals surface area contributed by atoms with Crippen LogP contribution >= 0.6 is 11.6 Å². The van der Waals surface area contributed by atoms with Crippen LogP contribution in [0.2, 0.25) is 0 Å². The van der Waals surface area contributed by atoms with Crippen molar-refractivity contribution < 1.29 is 4.39 Å². The van der Waals surface area contributed by atoms with Crippen LogP contribution in [-0.4, -0.2) is 9.55 Å². The topological polar surface area (TPSA) is 17.8 Å². The van der Waals surface area contributed by atoms with E-state index in [4.69, 9.17) is 11.6 Å². The van der Waals surface area contributed by atoms with E-state index in [1.165, 1.54) is 44.2 Å². The Morgan fingerprint density at radius 2 is 2.05 bits per heavy atom. The first-order chi connectivity index (χ1) is 9.72. The van der Waals surface area contributed by atoms with Crippen molar-refractivity contribution in [2.75, 3.05) is 0 Å². The second kappa shape index (κ2) is 5.72. The fourth-order valence-electron chi connectivity index (χ4n) is 3.43. The summed E-state index contributed by atoms with van der Waals surface area (Å²) in [6.45, 7) is 2.27. The molecular formula is C16H20ClFN2. The quantitative estimate of drug-likeness (QED) is 0.724. The zero-order valence-electron chi connectivity index (χ0n) is 11.8. The number of nitrogens with zero attached hydrogens (tertiary/aromatic N) is 2. The second-order valence-corrected chi connectivity index (χ2v) is 6.01. The minimum Gasteiger partial charge on any atom is -0.324 e. The molecule has 2 aromatic rings. The highest BCUT2D eigenvalue weighted by Gasteiger charge is 2.24. The molecule has 20 heavy (non-hydrogen) atoms. The maximum Gasteiger partial charge on any atom is 0.125 e. The van der Waals surface area contributed by atoms with Crippen LogP contribution in [-0.2, 0) is 5.88 Å². The molecule has 4 heteroatoms. The van der Waals surface area contributed by atoms with Crippen molar-refractivity contribution in [3.8, 4) is 0 Å². The van der Waals surface area contributed by atoms with Gasteiger partial charge in [-0.25, -0.2) is 9.37 Å². The van der Waals surface area contributed by atoms with E-state index >= 15 is 0 Å². The summed E-state index contributed by atoms with van der Waals surface area (Å²) < 4.78 is 15.6. The highest BCUT2D eigenvalue weighted by atomic mass is 35.5. The molecule has 1 saturated carbocycles. The predicted molar refractivity (Wildman–Crippen MR) is 80.5 cm³/mol. The number of hydrogen-bond donors (Lipinski definition) is 0. The third kappa shape index (κ3) is 2.44. The fourth-order valence-corrected chi connectivity index (χ4v) is 3.62. The first-order valence-corrected chi connectivity index (χ1v) is 7.98. The molecule has 1 aromatic heterocycles. The van der Waals surface area contributed by atoms with Gasteiger partial charge in [-0.3, -0.25) is 0 Å². The van der Waals surface area contributed by atoms with Gasteiger partial charge in [0.1, 0.15) is 11.6 Å². The predicted octanol–water partition coefficient (Wildman–Crippen LogP) is 5.06. The van der Waals surface area contributed by atoms with Crippen molar-refractivity contribution in [2.24, 2.45) is 5.92 Å². The molecule has 0 aliphatic heterocycles. The van der Waals surface area contributed by atoms with Crippen molar-refractivity contribution in [3.05, 3.63) is 29.8 Å². The Labute approximate surface area is 123 Å². The molecule has 0 spiro atoms. The molecule has 0 bridgehead atoms. The van der Waals surface area contributed by atoms with Crippen molar-refractivity contribution in [1.29, 1.82) is 0 Å². The Hall–Kier alpha value is -1.09. The zero-order chi connectivity index (χ0) is 14.1. The van der Waals surface area contributed by atoms with Crippen LogP contribution < -0.4 is 0 Å². The Morgan fingerprint density at radius 1 is 1.30 bits per heavy atom. The maximum atomic E-state index is 13.3. The molecule has 0 radical (unpaired) electrons. The number of hydrogen-bond acceptors (Lipinski definition) is 1. The molecule has 0 atom stereocenters. The molecule has 0 amide bonds. The number of alkyl halides is 1. The fraction of sp³-hybridized carbons (Fsp3) is 0.562. The van der Waals surface area contributed by atoms with Gasteiger partial charge in [0.15, 0.2) is 0 Å². The summed E-state index contributed by atoms with van der Waals surface area (Å²) in [4.78, 5) is 4.50. The highest BCUT2D eigenvalue weighted by Crippen LogP contribution is 2.36. The van der Waals surface area contributed by atoms with Crippen LogP contribution in [0.25, 0.3) is 11.0 Å². The summed E-state index contributed by atoms with van der Waals surface area (Å²) in [5.41, 5.74) is 1.74. The van der Waals surface area contributed by atoms with Crippen LogP contribution in [0.1, 0.15) is 50.9 Å². The van der Waals surface area contributed by atoms with E-state index in [0.29, 0.717) is 11.9 Å². The van der Waals surface area contributed by atoms with E-state index in [2.05, 4.69) is 16.5 Å². The molecule has 0 N–H and O–H groups in total. The number of rotatable bonds is 3. The molecule has 108 valence electrons. The average Bonchev–Trinajstić information content (AvgIpc) is 2.84. The van der Waals surface area contributed by atoms with E-state index in [9.17, 15) is 4.39 Å². The van der Waals surface area contributed by atoms with Gasteiger partial charge >= 0.3 is 0 Å². The highest BCUT2D eigenvalue weighted by molar-refractivity contribution is 6.16. The van der Waals surface area contributed by atoms with Gasteiger partial charge in [0.25, 0.3) is 0 Å². The third-order valence-electron chi connectivity index (χ3n) is 4.60. The Morgan fingerprint density at radius 3 is 2.70 bits per heavy atom. The number of benzene rings is 1. The smallest absolute Gasteiger partial charge is 0.125 e. The monoisotopic (exact) mass is 294 g/mol. The average molecular weight is 295 g/mol. The first kappa shape index (κ1) is 13.9. The standard InChI is InChI=1S/C16H20ClFN2/c1-2-11-3-6-13(7-4-11)20-15-8-5-12(18)9-14(15)19-16(20)10-17/h5,8-9,11,13H,2-4,6-7,10H2,1H3. The third-order valence-corrected chi connectivity index (χ3v) is 4.84. The summed E-state index contributed by atoms with van der Waals surface area (Å²) in [7, 11) is 0. The Kier molecular flexibility index (Phi) is 3.97. The van der Waals surface area contributed by atoms with Gasteiger partial charge in [0, 0.05) is 12.1 Å². The number of imidazole rings is 1. The second-order valence-electron chi connectivity index (χ2n) is 5.75. The van der Waals surface area contributed by atoms with Gasteiger partial charge < -0.3 is 4.57 Å². The summed E-state index contributed by atoms with van der Waals surface area (Å²) in [6, 6.07) is 5.30. The lowest BCUT2D eigenvalue weighted by molar-refractivity contribution is 0.270. The van der Waals surface area contributed by atoms with Gasteiger partial charge in [-0.15, -0.1) is 11.6 Å². The first-order valence-electron chi connectivity index (χ1n) is 7.45. The van der Waals surface area contributed by atoms with E-state index in [0.717, 1.165) is 22.8 Å². The lowest BCUT2D eigenvalue weighted by atomic mass is 9.84. The SMILES string of the molecule is CCC1CCC(n2c(CCl)nc3cc(F)ccc32)CC1. The summed E-state index contributed by atoms with van der Waals surface area (Å²) >= 11 is 6.04. The van der Waals surface area contributed by atoms with Crippen LogP contribution in [0.15, 0.2) is 18.2 Å². The molecule has 0 unspecified atom stereocenters. The van der Waals surface area contributed by atoms with Crippen molar-refractivity contribution in [1.82, 2.24) is 9.55 Å². The maximum absolute atomic E-state index is 13.3. The minimum atomic E-state index is -0.238. The van der Waals surface area contributed by atoms with Gasteiger partial charge in [-0.05, 0) is 43.7 Å². The van der Waals surface area contributed by atoms with E-state index in [1.807, 2.05) is 6.07 Å². The summed E-state index contributed by atoms with van der Waals surface area (Å²) in [5, 5.41) is 0. The van der Waals surface area contributed by atoms with Crippen molar-refractivity contribution in [3.63, 3.8) is 0 Å². The molecule has 1 aliphatic rings. The molecule has 3 rings (SSSR count). The van der Waals surface area contributed by atoms with E-state index in [1.54, 1.807) is 0 Å². The largest absolute Gasteiger partial charge is 0.324 e.